The van der Waals surface area contributed by atoms with Crippen LogP contribution in [0.3, 0.4) is 0 Å². The summed E-state index contributed by atoms with van der Waals surface area (Å²) < 4.78 is 5.31. The van der Waals surface area contributed by atoms with E-state index in [1.807, 2.05) is 6.92 Å². The predicted molar refractivity (Wildman–Crippen MR) is 84.1 cm³/mol. The molecule has 1 aromatic carbocycles. The van der Waals surface area contributed by atoms with E-state index in [2.05, 4.69) is 4.98 Å². The van der Waals surface area contributed by atoms with Crippen molar-refractivity contribution in [1.82, 2.24) is 4.98 Å². The van der Waals surface area contributed by atoms with Gasteiger partial charge in [-0.25, -0.2) is 14.6 Å². The van der Waals surface area contributed by atoms with Gasteiger partial charge in [-0.05, 0) is 18.6 Å². The van der Waals surface area contributed by atoms with E-state index >= 15 is 0 Å². The first-order valence-corrected chi connectivity index (χ1v) is 7.53. The fourth-order valence-corrected chi connectivity index (χ4v) is 2.81. The average molecular weight is 343 g/mol. The first-order chi connectivity index (χ1) is 11.8. The van der Waals surface area contributed by atoms with Crippen molar-refractivity contribution in [1.29, 1.82) is 0 Å². The fourth-order valence-electron chi connectivity index (χ4n) is 2.81. The average Bonchev–Trinajstić information content (AvgIpc) is 2.57. The van der Waals surface area contributed by atoms with Gasteiger partial charge in [0, 0.05) is 10.9 Å². The van der Waals surface area contributed by atoms with Gasteiger partial charge in [-0.3, -0.25) is 9.59 Å². The van der Waals surface area contributed by atoms with Gasteiger partial charge in [0.25, 0.3) is 11.9 Å². The number of hydrogen-bond acceptors (Lipinski definition) is 6. The number of carbonyl (C=O) groups is 4. The zero-order valence-corrected chi connectivity index (χ0v) is 13.1. The summed E-state index contributed by atoms with van der Waals surface area (Å²) in [5.74, 6) is -4.86. The maximum absolute atomic E-state index is 12.3. The minimum atomic E-state index is -1.91. The molecule has 8 nitrogen and oxygen atoms in total. The first-order valence-electron chi connectivity index (χ1n) is 7.53. The number of pyridine rings is 1. The first kappa shape index (κ1) is 16.6. The highest BCUT2D eigenvalue weighted by atomic mass is 16.5. The normalized spacial score (nSPS) is 16.4. The lowest BCUT2D eigenvalue weighted by Gasteiger charge is -2.24. The molecule has 1 atom stereocenters. The topological polar surface area (TPSA) is 131 Å². The third kappa shape index (κ3) is 2.61. The molecule has 128 valence electrons. The molecule has 3 rings (SSSR count). The highest BCUT2D eigenvalue weighted by molar-refractivity contribution is 6.49. The third-order valence-corrected chi connectivity index (χ3v) is 3.92. The van der Waals surface area contributed by atoms with Crippen molar-refractivity contribution >= 4 is 34.4 Å². The molecule has 1 unspecified atom stereocenters. The summed E-state index contributed by atoms with van der Waals surface area (Å²) in [5.41, 5.74) is 0.526. The number of hydrogen-bond donors (Lipinski definition) is 2. The summed E-state index contributed by atoms with van der Waals surface area (Å²) in [7, 11) is 0. The molecule has 0 saturated heterocycles. The second-order valence-electron chi connectivity index (χ2n) is 5.58. The summed E-state index contributed by atoms with van der Waals surface area (Å²) in [6, 6.07) is 4.16. The number of benzene rings is 1. The Morgan fingerprint density at radius 1 is 1.24 bits per heavy atom. The standard InChI is InChI=1S/C17H13NO7/c1-2-3-8-11-7(4-5-10(18-11)16(21)22)6-9-12(19)13(20)15(17(23)24)25-14(8)9/h4-6,15H,2-3H2,1H3,(H,21,22)(H,23,24). The van der Waals surface area contributed by atoms with Crippen molar-refractivity contribution in [3.05, 3.63) is 35.0 Å². The van der Waals surface area contributed by atoms with Crippen molar-refractivity contribution in [2.75, 3.05) is 0 Å². The van der Waals surface area contributed by atoms with Gasteiger partial charge in [0.2, 0.25) is 5.78 Å². The lowest BCUT2D eigenvalue weighted by molar-refractivity contribution is -0.149. The molecule has 0 saturated carbocycles. The molecule has 1 aromatic heterocycles. The van der Waals surface area contributed by atoms with Gasteiger partial charge in [-0.15, -0.1) is 0 Å². The van der Waals surface area contributed by atoms with Crippen molar-refractivity contribution in [3.63, 3.8) is 0 Å². The van der Waals surface area contributed by atoms with E-state index in [4.69, 9.17) is 14.9 Å². The number of carbonyl (C=O) groups excluding carboxylic acids is 2. The Kier molecular flexibility index (Phi) is 3.96. The van der Waals surface area contributed by atoms with Crippen LogP contribution in [0.5, 0.6) is 5.75 Å². The minimum Gasteiger partial charge on any atom is -0.478 e. The summed E-state index contributed by atoms with van der Waals surface area (Å²) in [6.45, 7) is 1.86. The van der Waals surface area contributed by atoms with Crippen molar-refractivity contribution in [3.8, 4) is 5.75 Å². The second kappa shape index (κ2) is 5.97. The van der Waals surface area contributed by atoms with Crippen LogP contribution in [-0.2, 0) is 16.0 Å². The number of ether oxygens (including phenoxy) is 1. The van der Waals surface area contributed by atoms with Gasteiger partial charge in [0.05, 0.1) is 11.1 Å². The molecule has 8 heteroatoms. The highest BCUT2D eigenvalue weighted by Crippen LogP contribution is 2.36. The number of aryl methyl sites for hydroxylation is 1. The van der Waals surface area contributed by atoms with Crippen molar-refractivity contribution in [2.24, 2.45) is 0 Å². The smallest absolute Gasteiger partial charge is 0.354 e. The Balaban J connectivity index is 2.33. The van der Waals surface area contributed by atoms with E-state index in [9.17, 15) is 19.2 Å². The van der Waals surface area contributed by atoms with Crippen LogP contribution in [0, 0.1) is 0 Å². The third-order valence-electron chi connectivity index (χ3n) is 3.92. The van der Waals surface area contributed by atoms with E-state index in [-0.39, 0.29) is 17.0 Å². The molecule has 25 heavy (non-hydrogen) atoms. The Morgan fingerprint density at radius 2 is 1.96 bits per heavy atom. The number of carboxylic acid groups (broad SMARTS) is 2. The van der Waals surface area contributed by atoms with Crippen molar-refractivity contribution < 1.29 is 34.1 Å². The summed E-state index contributed by atoms with van der Waals surface area (Å²) in [5, 5.41) is 18.7. The number of fused-ring (bicyclic) bond motifs is 2. The molecule has 1 aliphatic rings. The number of Topliss-reactive ketones (excluding diaryl/α,β-unsaturated/α-hetero) is 2. The Hall–Kier alpha value is -3.29. The Morgan fingerprint density at radius 3 is 2.56 bits per heavy atom. The van der Waals surface area contributed by atoms with E-state index < -0.39 is 29.6 Å². The van der Waals surface area contributed by atoms with Crippen LogP contribution in [0.25, 0.3) is 10.9 Å². The predicted octanol–water partition coefficient (Wildman–Crippen LogP) is 1.48. The van der Waals surface area contributed by atoms with E-state index in [0.29, 0.717) is 29.3 Å². The molecule has 0 amide bonds. The van der Waals surface area contributed by atoms with Crippen LogP contribution in [0.15, 0.2) is 18.2 Å². The maximum atomic E-state index is 12.3. The summed E-state index contributed by atoms with van der Waals surface area (Å²) >= 11 is 0. The van der Waals surface area contributed by atoms with Gasteiger partial charge in [0.1, 0.15) is 11.4 Å². The molecule has 0 radical (unpaired) electrons. The van der Waals surface area contributed by atoms with Crippen LogP contribution in [0.4, 0.5) is 0 Å². The summed E-state index contributed by atoms with van der Waals surface area (Å²) in [6.07, 6.45) is -0.909. The van der Waals surface area contributed by atoms with Crippen LogP contribution in [0.1, 0.15) is 39.8 Å². The molecule has 2 N–H and O–H groups in total. The van der Waals surface area contributed by atoms with Gasteiger partial charge in [-0.1, -0.05) is 19.4 Å². The number of aromatic carboxylic acids is 1. The van der Waals surface area contributed by atoms with Gasteiger partial charge < -0.3 is 14.9 Å². The number of ketones is 2. The maximum Gasteiger partial charge on any atom is 0.354 e. The lowest BCUT2D eigenvalue weighted by atomic mass is 9.92. The van der Waals surface area contributed by atoms with E-state index in [0.717, 1.165) is 0 Å². The SMILES string of the molecule is CCCc1c2c(cc3ccc(C(=O)O)nc13)C(=O)C(=O)C(C(=O)O)O2. The molecule has 2 heterocycles. The summed E-state index contributed by atoms with van der Waals surface area (Å²) in [4.78, 5) is 50.7. The zero-order valence-electron chi connectivity index (χ0n) is 13.1. The second-order valence-corrected chi connectivity index (χ2v) is 5.58. The van der Waals surface area contributed by atoms with Crippen molar-refractivity contribution in [2.45, 2.75) is 25.9 Å². The van der Waals surface area contributed by atoms with Crippen LogP contribution in [0.2, 0.25) is 0 Å². The molecule has 0 fully saturated rings. The van der Waals surface area contributed by atoms with E-state index in [1.165, 1.54) is 18.2 Å². The number of nitrogens with zero attached hydrogens (tertiary/aromatic N) is 1. The Bertz CT molecular complexity index is 948. The molecule has 0 bridgehead atoms. The number of aromatic nitrogens is 1. The van der Waals surface area contributed by atoms with Crippen LogP contribution < -0.4 is 4.74 Å². The molecule has 0 aliphatic carbocycles. The quantitative estimate of drug-likeness (QED) is 0.630. The highest BCUT2D eigenvalue weighted by Gasteiger charge is 2.41. The van der Waals surface area contributed by atoms with Crippen LogP contribution >= 0.6 is 0 Å². The lowest BCUT2D eigenvalue weighted by Crippen LogP contribution is -2.44. The van der Waals surface area contributed by atoms with Gasteiger partial charge in [-0.2, -0.15) is 0 Å². The fraction of sp³-hybridized carbons (Fsp3) is 0.235. The largest absolute Gasteiger partial charge is 0.478 e. The molecule has 0 spiro atoms. The zero-order chi connectivity index (χ0) is 18.3. The molecular weight excluding hydrogens is 330 g/mol. The number of aliphatic carboxylic acids is 1. The number of carboxylic acids is 2. The molecule has 2 aromatic rings. The number of rotatable bonds is 4. The van der Waals surface area contributed by atoms with E-state index in [1.54, 1.807) is 0 Å². The monoisotopic (exact) mass is 343 g/mol. The minimum absolute atomic E-state index is 0.0126. The van der Waals surface area contributed by atoms with Gasteiger partial charge >= 0.3 is 11.9 Å². The Labute approximate surface area is 141 Å². The molecule has 1 aliphatic heterocycles. The van der Waals surface area contributed by atoms with Gasteiger partial charge in [0.15, 0.2) is 0 Å². The molecular formula is C17H13NO7. The van der Waals surface area contributed by atoms with Crippen LogP contribution in [-0.4, -0.2) is 44.8 Å².